The van der Waals surface area contributed by atoms with Crippen LogP contribution < -0.4 is 16.0 Å². The summed E-state index contributed by atoms with van der Waals surface area (Å²) in [5, 5.41) is 3.25. The third-order valence-corrected chi connectivity index (χ3v) is 7.46. The van der Waals surface area contributed by atoms with E-state index in [1.165, 1.54) is 0 Å². The van der Waals surface area contributed by atoms with Gasteiger partial charge in [0.25, 0.3) is 0 Å². The minimum atomic E-state index is -0.382. The summed E-state index contributed by atoms with van der Waals surface area (Å²) in [6.45, 7) is 6.76. The average Bonchev–Trinajstić information content (AvgIpc) is 3.63. The number of carbonyl (C=O) groups excluding carboxylic acids is 1. The summed E-state index contributed by atoms with van der Waals surface area (Å²) in [4.78, 5) is 25.3. The second kappa shape index (κ2) is 9.11. The summed E-state index contributed by atoms with van der Waals surface area (Å²) in [7, 11) is 0. The van der Waals surface area contributed by atoms with Crippen molar-refractivity contribution in [2.75, 3.05) is 29.9 Å². The number of rotatable bonds is 7. The Morgan fingerprint density at radius 3 is 2.74 bits per heavy atom. The monoisotopic (exact) mass is 468 g/mol. The summed E-state index contributed by atoms with van der Waals surface area (Å²) in [6, 6.07) is 7.15. The number of piperidine rings is 1. The number of nitrogens with two attached hydrogens (primary N) is 1. The van der Waals surface area contributed by atoms with Crippen molar-refractivity contribution in [2.45, 2.75) is 63.7 Å². The van der Waals surface area contributed by atoms with Gasteiger partial charge in [0.2, 0.25) is 5.95 Å². The van der Waals surface area contributed by atoms with Gasteiger partial charge in [0.15, 0.2) is 0 Å². The molecular weight excluding hydrogens is 435 g/mol. The van der Waals surface area contributed by atoms with Crippen molar-refractivity contribution in [1.82, 2.24) is 14.9 Å². The molecule has 1 aromatic heterocycles. The Labute approximate surface area is 199 Å². The molecule has 0 radical (unpaired) electrons. The lowest BCUT2D eigenvalue weighted by Gasteiger charge is -2.31. The molecule has 34 heavy (non-hydrogen) atoms. The number of nitrogens with zero attached hydrogens (tertiary/aromatic N) is 4. The number of anilines is 2. The normalized spacial score (nSPS) is 24.8. The molecule has 182 valence electrons. The van der Waals surface area contributed by atoms with Gasteiger partial charge in [0, 0.05) is 24.3 Å². The topological polar surface area (TPSA) is 96.6 Å². The van der Waals surface area contributed by atoms with Gasteiger partial charge in [-0.05, 0) is 76.2 Å². The second-order valence-corrected chi connectivity index (χ2v) is 10.1. The zero-order chi connectivity index (χ0) is 23.9. The fourth-order valence-corrected chi connectivity index (χ4v) is 5.04. The van der Waals surface area contributed by atoms with Crippen LogP contribution in [-0.2, 0) is 11.3 Å². The second-order valence-electron chi connectivity index (χ2n) is 10.1. The van der Waals surface area contributed by atoms with E-state index in [1.807, 2.05) is 19.1 Å². The first-order valence-corrected chi connectivity index (χ1v) is 12.2. The van der Waals surface area contributed by atoms with Crippen LogP contribution in [0.5, 0.6) is 0 Å². The molecule has 1 aromatic carbocycles. The molecule has 1 amide bonds. The molecule has 0 spiro atoms. The zero-order valence-electron chi connectivity index (χ0n) is 19.8. The number of cyclic esters (lactones) is 1. The van der Waals surface area contributed by atoms with Crippen LogP contribution in [0.4, 0.5) is 21.0 Å². The first kappa shape index (κ1) is 23.0. The number of carbonyl (C=O) groups is 1. The quantitative estimate of drug-likeness (QED) is 0.637. The zero-order valence-corrected chi connectivity index (χ0v) is 19.8. The van der Waals surface area contributed by atoms with Crippen LogP contribution in [0.25, 0.3) is 0 Å². The highest BCUT2D eigenvalue weighted by molar-refractivity contribution is 5.90. The summed E-state index contributed by atoms with van der Waals surface area (Å²) < 4.78 is 20.3. The van der Waals surface area contributed by atoms with Gasteiger partial charge in [-0.2, -0.15) is 4.98 Å². The van der Waals surface area contributed by atoms with Gasteiger partial charge in [-0.3, -0.25) is 9.80 Å². The van der Waals surface area contributed by atoms with E-state index in [0.29, 0.717) is 36.4 Å². The molecule has 3 heterocycles. The number of benzene rings is 1. The lowest BCUT2D eigenvalue weighted by Crippen LogP contribution is -2.47. The van der Waals surface area contributed by atoms with Gasteiger partial charge in [-0.15, -0.1) is 0 Å². The molecule has 2 aliphatic heterocycles. The number of amides is 1. The third kappa shape index (κ3) is 4.59. The van der Waals surface area contributed by atoms with E-state index in [-0.39, 0.29) is 29.5 Å². The molecule has 3 fully saturated rings. The van der Waals surface area contributed by atoms with E-state index < -0.39 is 0 Å². The highest BCUT2D eigenvalue weighted by atomic mass is 19.1. The van der Waals surface area contributed by atoms with E-state index in [2.05, 4.69) is 27.1 Å². The Balaban J connectivity index is 1.27. The van der Waals surface area contributed by atoms with Crippen molar-refractivity contribution in [3.05, 3.63) is 47.4 Å². The number of likely N-dealkylation sites (tertiary alicyclic amines) is 1. The molecule has 5 rings (SSSR count). The predicted molar refractivity (Wildman–Crippen MR) is 128 cm³/mol. The molecule has 2 aromatic rings. The van der Waals surface area contributed by atoms with Crippen molar-refractivity contribution in [3.8, 4) is 0 Å². The van der Waals surface area contributed by atoms with Crippen LogP contribution in [0.1, 0.15) is 56.7 Å². The van der Waals surface area contributed by atoms with Crippen molar-refractivity contribution in [3.63, 3.8) is 0 Å². The minimum absolute atomic E-state index is 0.212. The van der Waals surface area contributed by atoms with E-state index in [9.17, 15) is 9.18 Å². The smallest absolute Gasteiger partial charge is 0.416 e. The van der Waals surface area contributed by atoms with E-state index in [0.717, 1.165) is 44.3 Å². The fraction of sp³-hybridized carbons (Fsp3) is 0.560. The number of hydrogen-bond acceptors (Lipinski definition) is 7. The number of hydrogen-bond donors (Lipinski definition) is 2. The summed E-state index contributed by atoms with van der Waals surface area (Å²) in [6.07, 6.45) is 5.34. The maximum absolute atomic E-state index is 14.9. The van der Waals surface area contributed by atoms with Gasteiger partial charge in [0.05, 0.1) is 11.6 Å². The van der Waals surface area contributed by atoms with Gasteiger partial charge in [0.1, 0.15) is 18.2 Å². The molecule has 1 aliphatic carbocycles. The van der Waals surface area contributed by atoms with Gasteiger partial charge in [-0.25, -0.2) is 14.2 Å². The molecule has 1 unspecified atom stereocenters. The Kier molecular flexibility index (Phi) is 6.16. The van der Waals surface area contributed by atoms with Crippen molar-refractivity contribution < 1.29 is 13.9 Å². The maximum Gasteiger partial charge on any atom is 0.416 e. The van der Waals surface area contributed by atoms with E-state index in [4.69, 9.17) is 10.5 Å². The number of ether oxygens (including phenoxy) is 1. The number of halogens is 1. The van der Waals surface area contributed by atoms with Gasteiger partial charge >= 0.3 is 6.09 Å². The summed E-state index contributed by atoms with van der Waals surface area (Å²) >= 11 is 0. The van der Waals surface area contributed by atoms with Crippen LogP contribution in [0.2, 0.25) is 0 Å². The molecule has 1 saturated carbocycles. The van der Waals surface area contributed by atoms with E-state index >= 15 is 0 Å². The Hall–Kier alpha value is -2.78. The maximum atomic E-state index is 14.9. The van der Waals surface area contributed by atoms with Crippen LogP contribution >= 0.6 is 0 Å². The first-order chi connectivity index (χ1) is 16.3. The lowest BCUT2D eigenvalue weighted by atomic mass is 9.96. The van der Waals surface area contributed by atoms with Crippen LogP contribution in [-0.4, -0.2) is 52.2 Å². The largest absolute Gasteiger partial charge is 0.447 e. The fourth-order valence-electron chi connectivity index (χ4n) is 5.04. The third-order valence-electron chi connectivity index (χ3n) is 7.46. The summed E-state index contributed by atoms with van der Waals surface area (Å²) in [5.41, 5.74) is 7.09. The van der Waals surface area contributed by atoms with Gasteiger partial charge in [-0.1, -0.05) is 12.1 Å². The molecule has 2 atom stereocenters. The number of nitrogens with one attached hydrogen (secondary N) is 1. The minimum Gasteiger partial charge on any atom is -0.447 e. The highest BCUT2D eigenvalue weighted by Gasteiger charge is 2.54. The molecule has 0 bridgehead atoms. The SMILES string of the molecule is CC(Nc1nccc(N2C(=O)OC[C@]2(C)C2CC2)n1)c1ccc(CN2CCC(N)CC2)c(F)c1. The molecule has 3 N–H and O–H groups in total. The Morgan fingerprint density at radius 1 is 1.26 bits per heavy atom. The lowest BCUT2D eigenvalue weighted by molar-refractivity contribution is 0.172. The molecule has 9 heteroatoms. The molecule has 8 nitrogen and oxygen atoms in total. The Bertz CT molecular complexity index is 1060. The predicted octanol–water partition coefficient (Wildman–Crippen LogP) is 3.84. The molecule has 3 aliphatic rings. The standard InChI is InChI=1S/C25H33FN6O2/c1-16(17-3-4-18(21(26)13-17)14-31-11-8-20(27)9-12-31)29-23-28-10-7-22(30-23)32-24(33)34-15-25(32,2)19-5-6-19/h3-4,7,10,13,16,19-20H,5-6,8-9,11-12,14-15,27H2,1-2H3,(H,28,29,30)/t16?,25-/m1/s1. The first-order valence-electron chi connectivity index (χ1n) is 12.2. The Morgan fingerprint density at radius 2 is 2.03 bits per heavy atom. The average molecular weight is 469 g/mol. The van der Waals surface area contributed by atoms with Crippen LogP contribution in [0.3, 0.4) is 0 Å². The summed E-state index contributed by atoms with van der Waals surface area (Å²) in [5.74, 6) is 1.12. The van der Waals surface area contributed by atoms with E-state index in [1.54, 1.807) is 23.2 Å². The van der Waals surface area contributed by atoms with Crippen molar-refractivity contribution in [2.24, 2.45) is 11.7 Å². The molecular formula is C25H33FN6O2. The highest BCUT2D eigenvalue weighted by Crippen LogP contribution is 2.47. The van der Waals surface area contributed by atoms with Crippen molar-refractivity contribution in [1.29, 1.82) is 0 Å². The van der Waals surface area contributed by atoms with Crippen molar-refractivity contribution >= 4 is 17.9 Å². The van der Waals surface area contributed by atoms with Crippen LogP contribution in [0.15, 0.2) is 30.5 Å². The van der Waals surface area contributed by atoms with Gasteiger partial charge < -0.3 is 15.8 Å². The number of aromatic nitrogens is 2. The molecule has 2 saturated heterocycles. The van der Waals surface area contributed by atoms with Crippen LogP contribution in [0, 0.1) is 11.7 Å².